The first kappa shape index (κ1) is 11.4. The summed E-state index contributed by atoms with van der Waals surface area (Å²) in [5, 5.41) is 0. The monoisotopic (exact) mass is 190 g/mol. The molecule has 0 nitrogen and oxygen atoms in total. The van der Waals surface area contributed by atoms with Crippen molar-refractivity contribution >= 4 is 21.6 Å². The van der Waals surface area contributed by atoms with E-state index in [1.807, 2.05) is 27.7 Å². The van der Waals surface area contributed by atoms with Gasteiger partial charge in [0.1, 0.15) is 0 Å². The van der Waals surface area contributed by atoms with Crippen molar-refractivity contribution in [1.82, 2.24) is 0 Å². The molecule has 0 atom stereocenters. The summed E-state index contributed by atoms with van der Waals surface area (Å²) in [6.07, 6.45) is 3.25. The molecule has 0 aromatic heterocycles. The first-order valence-corrected chi connectivity index (χ1v) is 6.40. The summed E-state index contributed by atoms with van der Waals surface area (Å²) >= 11 is 0. The molecule has 0 amide bonds. The fraction of sp³-hybridized carbons (Fsp3) is 0.778. The third-order valence-corrected chi connectivity index (χ3v) is 3.52. The molecule has 2 heteroatoms. The van der Waals surface area contributed by atoms with Crippen LogP contribution in [0.15, 0.2) is 12.7 Å². The van der Waals surface area contributed by atoms with Gasteiger partial charge in [-0.1, -0.05) is 48.4 Å². The third-order valence-electron chi connectivity index (χ3n) is 1.20. The lowest BCUT2D eigenvalue weighted by Crippen LogP contribution is -2.05. The summed E-state index contributed by atoms with van der Waals surface area (Å²) in [6.45, 7) is 10.5. The number of hydrogen-bond acceptors (Lipinski definition) is 2. The van der Waals surface area contributed by atoms with Crippen LogP contribution in [0.5, 0.6) is 0 Å². The quantitative estimate of drug-likeness (QED) is 0.365. The third kappa shape index (κ3) is 10.4. The molecule has 0 radical (unpaired) electrons. The van der Waals surface area contributed by atoms with Crippen LogP contribution in [0.1, 0.15) is 27.2 Å². The molecule has 0 N–H and O–H groups in total. The highest BCUT2D eigenvalue weighted by atomic mass is 33.1. The van der Waals surface area contributed by atoms with Gasteiger partial charge in [0.15, 0.2) is 0 Å². The molecule has 0 unspecified atom stereocenters. The van der Waals surface area contributed by atoms with E-state index in [4.69, 9.17) is 0 Å². The van der Waals surface area contributed by atoms with Crippen molar-refractivity contribution in [2.75, 3.05) is 11.5 Å². The van der Waals surface area contributed by atoms with Crippen LogP contribution in [0.25, 0.3) is 0 Å². The van der Waals surface area contributed by atoms with Crippen LogP contribution in [0.3, 0.4) is 0 Å². The van der Waals surface area contributed by atoms with Crippen LogP contribution >= 0.6 is 21.6 Å². The predicted octanol–water partition coefficient (Wildman–Crippen LogP) is 3.99. The van der Waals surface area contributed by atoms with E-state index in [1.165, 1.54) is 12.2 Å². The van der Waals surface area contributed by atoms with Gasteiger partial charge in [-0.3, -0.25) is 0 Å². The minimum atomic E-state index is 0.488. The molecule has 0 aromatic carbocycles. The Morgan fingerprint density at radius 2 is 1.91 bits per heavy atom. The van der Waals surface area contributed by atoms with Gasteiger partial charge in [-0.25, -0.2) is 0 Å². The van der Waals surface area contributed by atoms with Gasteiger partial charge in [0.25, 0.3) is 0 Å². The van der Waals surface area contributed by atoms with E-state index >= 15 is 0 Å². The van der Waals surface area contributed by atoms with Crippen LogP contribution in [0.4, 0.5) is 0 Å². The van der Waals surface area contributed by atoms with E-state index in [0.29, 0.717) is 5.41 Å². The lowest BCUT2D eigenvalue weighted by molar-refractivity contribution is 0.402. The van der Waals surface area contributed by atoms with Crippen molar-refractivity contribution in [3.05, 3.63) is 12.7 Å². The smallest absolute Gasteiger partial charge is 0.0215 e. The standard InChI is InChI=1S/C9H18S2/c1-5-7-10-11-8-6-9(2,3)4/h5H,1,6-8H2,2-4H3. The average Bonchev–Trinajstić information content (AvgIpc) is 1.85. The molecule has 11 heavy (non-hydrogen) atoms. The maximum absolute atomic E-state index is 3.67. The van der Waals surface area contributed by atoms with Crippen molar-refractivity contribution in [3.63, 3.8) is 0 Å². The van der Waals surface area contributed by atoms with Gasteiger partial charge in [0.2, 0.25) is 0 Å². The van der Waals surface area contributed by atoms with Crippen LogP contribution in [0, 0.1) is 5.41 Å². The Bertz CT molecular complexity index is 103. The second-order valence-corrected chi connectivity index (χ2v) is 6.33. The summed E-state index contributed by atoms with van der Waals surface area (Å²) in [6, 6.07) is 0. The van der Waals surface area contributed by atoms with E-state index in [-0.39, 0.29) is 0 Å². The maximum atomic E-state index is 3.67. The molecule has 0 fully saturated rings. The van der Waals surface area contributed by atoms with Gasteiger partial charge >= 0.3 is 0 Å². The molecule has 0 rings (SSSR count). The van der Waals surface area contributed by atoms with Crippen molar-refractivity contribution in [2.45, 2.75) is 27.2 Å². The molecule has 0 aliphatic heterocycles. The predicted molar refractivity (Wildman–Crippen MR) is 59.2 cm³/mol. The topological polar surface area (TPSA) is 0 Å². The molecule has 66 valence electrons. The SMILES string of the molecule is C=CCSSCCC(C)(C)C. The summed E-state index contributed by atoms with van der Waals surface area (Å²) in [4.78, 5) is 0. The second kappa shape index (κ2) is 6.01. The van der Waals surface area contributed by atoms with E-state index in [9.17, 15) is 0 Å². The maximum Gasteiger partial charge on any atom is 0.0215 e. The Hall–Kier alpha value is 0.440. The molecule has 0 aliphatic carbocycles. The Morgan fingerprint density at radius 3 is 2.36 bits per heavy atom. The number of hydrogen-bond donors (Lipinski definition) is 0. The van der Waals surface area contributed by atoms with Gasteiger partial charge in [-0.2, -0.15) is 0 Å². The fourth-order valence-corrected chi connectivity index (χ4v) is 2.69. The van der Waals surface area contributed by atoms with Gasteiger partial charge in [0.05, 0.1) is 0 Å². The molecular weight excluding hydrogens is 172 g/mol. The fourth-order valence-electron chi connectivity index (χ4n) is 0.503. The van der Waals surface area contributed by atoms with Crippen molar-refractivity contribution in [3.8, 4) is 0 Å². The van der Waals surface area contributed by atoms with Crippen LogP contribution in [0.2, 0.25) is 0 Å². The Kier molecular flexibility index (Phi) is 6.25. The van der Waals surface area contributed by atoms with Gasteiger partial charge in [0, 0.05) is 11.5 Å². The molecule has 0 bridgehead atoms. The second-order valence-electron chi connectivity index (χ2n) is 3.71. The summed E-state index contributed by atoms with van der Waals surface area (Å²) in [5.41, 5.74) is 0.488. The summed E-state index contributed by atoms with van der Waals surface area (Å²) < 4.78 is 0. The highest BCUT2D eigenvalue weighted by molar-refractivity contribution is 8.76. The minimum Gasteiger partial charge on any atom is -0.102 e. The normalized spacial score (nSPS) is 11.5. The lowest BCUT2D eigenvalue weighted by Gasteiger charge is -2.16. The molecular formula is C9H18S2. The van der Waals surface area contributed by atoms with Gasteiger partial charge in [-0.15, -0.1) is 6.58 Å². The first-order chi connectivity index (χ1) is 5.06. The van der Waals surface area contributed by atoms with Gasteiger partial charge < -0.3 is 0 Å². The minimum absolute atomic E-state index is 0.488. The molecule has 0 saturated carbocycles. The molecule has 0 saturated heterocycles. The Labute approximate surface area is 78.6 Å². The van der Waals surface area contributed by atoms with E-state index in [1.54, 1.807) is 0 Å². The van der Waals surface area contributed by atoms with E-state index < -0.39 is 0 Å². The zero-order chi connectivity index (χ0) is 8.74. The van der Waals surface area contributed by atoms with Gasteiger partial charge in [-0.05, 0) is 11.8 Å². The highest BCUT2D eigenvalue weighted by Crippen LogP contribution is 2.27. The molecule has 0 aromatic rings. The number of rotatable bonds is 5. The molecule has 0 aliphatic rings. The van der Waals surface area contributed by atoms with E-state index in [0.717, 1.165) is 5.75 Å². The van der Waals surface area contributed by atoms with Crippen molar-refractivity contribution in [1.29, 1.82) is 0 Å². The van der Waals surface area contributed by atoms with Crippen molar-refractivity contribution in [2.24, 2.45) is 5.41 Å². The molecule has 0 spiro atoms. The van der Waals surface area contributed by atoms with E-state index in [2.05, 4.69) is 27.4 Å². The lowest BCUT2D eigenvalue weighted by atomic mass is 9.94. The largest absolute Gasteiger partial charge is 0.102 e. The average molecular weight is 190 g/mol. The summed E-state index contributed by atoms with van der Waals surface area (Å²) in [7, 11) is 3.84. The summed E-state index contributed by atoms with van der Waals surface area (Å²) in [5.74, 6) is 2.32. The van der Waals surface area contributed by atoms with Crippen LogP contribution in [-0.4, -0.2) is 11.5 Å². The zero-order valence-electron chi connectivity index (χ0n) is 7.72. The first-order valence-electron chi connectivity index (χ1n) is 3.91. The highest BCUT2D eigenvalue weighted by Gasteiger charge is 2.08. The van der Waals surface area contributed by atoms with Crippen molar-refractivity contribution < 1.29 is 0 Å². The molecule has 0 heterocycles. The Balaban J connectivity index is 3.08. The Morgan fingerprint density at radius 1 is 1.27 bits per heavy atom. The van der Waals surface area contributed by atoms with Crippen LogP contribution < -0.4 is 0 Å². The zero-order valence-corrected chi connectivity index (χ0v) is 9.36. The van der Waals surface area contributed by atoms with Crippen LogP contribution in [-0.2, 0) is 0 Å².